The summed E-state index contributed by atoms with van der Waals surface area (Å²) < 4.78 is 0. The lowest BCUT2D eigenvalue weighted by Gasteiger charge is -2.17. The van der Waals surface area contributed by atoms with Crippen molar-refractivity contribution in [3.8, 4) is 0 Å². The van der Waals surface area contributed by atoms with Gasteiger partial charge in [0, 0.05) is 24.1 Å². The van der Waals surface area contributed by atoms with Crippen molar-refractivity contribution < 1.29 is 9.59 Å². The highest BCUT2D eigenvalue weighted by Gasteiger charge is 2.20. The standard InChI is InChI=1S/C18H28N2O2/c1-13(2)14-8-6-9-15(12-14)20-16(21)10-7-11-19-17(22)18(3,4)5/h6,8-9,12-13H,7,10-11H2,1-5H3,(H,19,22)(H,20,21). The summed E-state index contributed by atoms with van der Waals surface area (Å²) in [5, 5.41) is 5.75. The van der Waals surface area contributed by atoms with E-state index in [-0.39, 0.29) is 17.2 Å². The Morgan fingerprint density at radius 2 is 1.86 bits per heavy atom. The first-order chi connectivity index (χ1) is 10.2. The van der Waals surface area contributed by atoms with Gasteiger partial charge in [-0.1, -0.05) is 46.8 Å². The first-order valence-corrected chi connectivity index (χ1v) is 7.88. The van der Waals surface area contributed by atoms with Crippen LogP contribution in [0.15, 0.2) is 24.3 Å². The van der Waals surface area contributed by atoms with Crippen LogP contribution >= 0.6 is 0 Å². The van der Waals surface area contributed by atoms with Crippen LogP contribution in [-0.2, 0) is 9.59 Å². The zero-order valence-corrected chi connectivity index (χ0v) is 14.3. The molecule has 0 radical (unpaired) electrons. The second kappa shape index (κ2) is 7.97. The molecule has 0 saturated heterocycles. The third kappa shape index (κ3) is 6.29. The van der Waals surface area contributed by atoms with Crippen LogP contribution in [0.4, 0.5) is 5.69 Å². The zero-order chi connectivity index (χ0) is 16.8. The van der Waals surface area contributed by atoms with Crippen molar-refractivity contribution in [1.29, 1.82) is 0 Å². The predicted octanol–water partition coefficient (Wildman–Crippen LogP) is 3.69. The molecular formula is C18H28N2O2. The van der Waals surface area contributed by atoms with Crippen molar-refractivity contribution in [1.82, 2.24) is 5.32 Å². The van der Waals surface area contributed by atoms with E-state index in [2.05, 4.69) is 30.5 Å². The van der Waals surface area contributed by atoms with E-state index in [0.29, 0.717) is 25.3 Å². The Bertz CT molecular complexity index is 516. The largest absolute Gasteiger partial charge is 0.356 e. The quantitative estimate of drug-likeness (QED) is 0.787. The molecule has 0 heterocycles. The van der Waals surface area contributed by atoms with Crippen LogP contribution in [0.2, 0.25) is 0 Å². The lowest BCUT2D eigenvalue weighted by molar-refractivity contribution is -0.128. The molecule has 2 amide bonds. The van der Waals surface area contributed by atoms with E-state index >= 15 is 0 Å². The van der Waals surface area contributed by atoms with Crippen molar-refractivity contribution >= 4 is 17.5 Å². The molecule has 0 atom stereocenters. The van der Waals surface area contributed by atoms with Crippen LogP contribution in [-0.4, -0.2) is 18.4 Å². The molecule has 0 spiro atoms. The van der Waals surface area contributed by atoms with Gasteiger partial charge < -0.3 is 10.6 Å². The number of nitrogens with one attached hydrogen (secondary N) is 2. The second-order valence-corrected chi connectivity index (χ2v) is 6.94. The molecule has 0 bridgehead atoms. The molecule has 0 aliphatic heterocycles. The van der Waals surface area contributed by atoms with Crippen LogP contribution in [0, 0.1) is 5.41 Å². The number of anilines is 1. The van der Waals surface area contributed by atoms with Gasteiger partial charge in [-0.3, -0.25) is 9.59 Å². The Morgan fingerprint density at radius 1 is 1.18 bits per heavy atom. The number of rotatable bonds is 6. The molecule has 4 heteroatoms. The first kappa shape index (κ1) is 18.2. The average molecular weight is 304 g/mol. The summed E-state index contributed by atoms with van der Waals surface area (Å²) in [6.07, 6.45) is 1.04. The maximum absolute atomic E-state index is 11.9. The van der Waals surface area contributed by atoms with Gasteiger partial charge in [-0.15, -0.1) is 0 Å². The number of benzene rings is 1. The minimum absolute atomic E-state index is 0.0116. The summed E-state index contributed by atoms with van der Waals surface area (Å²) in [7, 11) is 0. The normalized spacial score (nSPS) is 11.4. The van der Waals surface area contributed by atoms with E-state index in [1.807, 2.05) is 39.0 Å². The Kier molecular flexibility index (Phi) is 6.60. The lowest BCUT2D eigenvalue weighted by atomic mass is 9.96. The van der Waals surface area contributed by atoms with Crippen molar-refractivity contribution in [2.45, 2.75) is 53.4 Å². The fraction of sp³-hybridized carbons (Fsp3) is 0.556. The number of carbonyl (C=O) groups excluding carboxylic acids is 2. The minimum Gasteiger partial charge on any atom is -0.356 e. The highest BCUT2D eigenvalue weighted by Crippen LogP contribution is 2.18. The Hall–Kier alpha value is -1.84. The van der Waals surface area contributed by atoms with E-state index in [4.69, 9.17) is 0 Å². The van der Waals surface area contributed by atoms with Gasteiger partial charge in [0.2, 0.25) is 11.8 Å². The van der Waals surface area contributed by atoms with Gasteiger partial charge in [-0.25, -0.2) is 0 Å². The lowest BCUT2D eigenvalue weighted by Crippen LogP contribution is -2.35. The predicted molar refractivity (Wildman–Crippen MR) is 90.9 cm³/mol. The number of carbonyl (C=O) groups is 2. The summed E-state index contributed by atoms with van der Waals surface area (Å²) in [6.45, 7) is 10.4. The molecule has 0 saturated carbocycles. The number of amides is 2. The molecule has 4 nitrogen and oxygen atoms in total. The van der Waals surface area contributed by atoms with E-state index < -0.39 is 0 Å². The van der Waals surface area contributed by atoms with Crippen LogP contribution in [0.1, 0.15) is 58.9 Å². The fourth-order valence-electron chi connectivity index (χ4n) is 1.92. The SMILES string of the molecule is CC(C)c1cccc(NC(=O)CCCNC(=O)C(C)(C)C)c1. The van der Waals surface area contributed by atoms with Crippen molar-refractivity contribution in [3.05, 3.63) is 29.8 Å². The summed E-state index contributed by atoms with van der Waals surface area (Å²) >= 11 is 0. The second-order valence-electron chi connectivity index (χ2n) is 6.94. The Morgan fingerprint density at radius 3 is 2.45 bits per heavy atom. The molecule has 1 rings (SSSR count). The van der Waals surface area contributed by atoms with Gasteiger partial charge in [-0.05, 0) is 30.0 Å². The molecule has 0 aromatic heterocycles. The van der Waals surface area contributed by atoms with Crippen LogP contribution in [0.3, 0.4) is 0 Å². The van der Waals surface area contributed by atoms with Gasteiger partial charge in [0.15, 0.2) is 0 Å². The monoisotopic (exact) mass is 304 g/mol. The summed E-state index contributed by atoms with van der Waals surface area (Å²) in [5.74, 6) is 0.424. The molecule has 0 aliphatic carbocycles. The van der Waals surface area contributed by atoms with Gasteiger partial charge in [-0.2, -0.15) is 0 Å². The van der Waals surface area contributed by atoms with Gasteiger partial charge in [0.1, 0.15) is 0 Å². The third-order valence-electron chi connectivity index (χ3n) is 3.38. The summed E-state index contributed by atoms with van der Waals surface area (Å²) in [5.41, 5.74) is 1.64. The Labute approximate surface area is 133 Å². The molecule has 0 unspecified atom stereocenters. The first-order valence-electron chi connectivity index (χ1n) is 7.88. The zero-order valence-electron chi connectivity index (χ0n) is 14.3. The van der Waals surface area contributed by atoms with Crippen molar-refractivity contribution in [2.75, 3.05) is 11.9 Å². The molecular weight excluding hydrogens is 276 g/mol. The molecule has 2 N–H and O–H groups in total. The molecule has 1 aromatic carbocycles. The molecule has 22 heavy (non-hydrogen) atoms. The van der Waals surface area contributed by atoms with Crippen LogP contribution in [0.5, 0.6) is 0 Å². The minimum atomic E-state index is -0.389. The molecule has 0 aliphatic rings. The number of hydrogen-bond donors (Lipinski definition) is 2. The van der Waals surface area contributed by atoms with Crippen LogP contribution in [0.25, 0.3) is 0 Å². The van der Waals surface area contributed by atoms with Gasteiger partial charge >= 0.3 is 0 Å². The molecule has 122 valence electrons. The highest BCUT2D eigenvalue weighted by atomic mass is 16.2. The molecule has 1 aromatic rings. The van der Waals surface area contributed by atoms with Gasteiger partial charge in [0.05, 0.1) is 0 Å². The number of hydrogen-bond acceptors (Lipinski definition) is 2. The average Bonchev–Trinajstić information content (AvgIpc) is 2.42. The third-order valence-corrected chi connectivity index (χ3v) is 3.38. The molecule has 0 fully saturated rings. The fourth-order valence-corrected chi connectivity index (χ4v) is 1.92. The van der Waals surface area contributed by atoms with E-state index in [1.165, 1.54) is 5.56 Å². The summed E-state index contributed by atoms with van der Waals surface area (Å²) in [4.78, 5) is 23.6. The van der Waals surface area contributed by atoms with E-state index in [9.17, 15) is 9.59 Å². The van der Waals surface area contributed by atoms with Crippen molar-refractivity contribution in [2.24, 2.45) is 5.41 Å². The van der Waals surface area contributed by atoms with Gasteiger partial charge in [0.25, 0.3) is 0 Å². The van der Waals surface area contributed by atoms with E-state index in [1.54, 1.807) is 0 Å². The summed E-state index contributed by atoms with van der Waals surface area (Å²) in [6, 6.07) is 7.91. The van der Waals surface area contributed by atoms with Crippen LogP contribution < -0.4 is 10.6 Å². The smallest absolute Gasteiger partial charge is 0.225 e. The van der Waals surface area contributed by atoms with Crippen molar-refractivity contribution in [3.63, 3.8) is 0 Å². The Balaban J connectivity index is 2.35. The maximum atomic E-state index is 11.9. The topological polar surface area (TPSA) is 58.2 Å². The van der Waals surface area contributed by atoms with E-state index in [0.717, 1.165) is 5.69 Å². The maximum Gasteiger partial charge on any atom is 0.225 e. The highest BCUT2D eigenvalue weighted by molar-refractivity contribution is 5.90.